The van der Waals surface area contributed by atoms with Gasteiger partial charge in [-0.2, -0.15) is 0 Å². The maximum atomic E-state index is 11.3. The molecule has 0 aliphatic heterocycles. The topological polar surface area (TPSA) is 26.3 Å². The summed E-state index contributed by atoms with van der Waals surface area (Å²) in [6.45, 7) is 7.71. The fourth-order valence-corrected chi connectivity index (χ4v) is 1.08. The van der Waals surface area contributed by atoms with Crippen molar-refractivity contribution in [3.05, 3.63) is 47.5 Å². The third-order valence-corrected chi connectivity index (χ3v) is 1.82. The number of allylic oxidation sites excluding steroid dienone is 1. The molecule has 0 heterocycles. The zero-order valence-corrected chi connectivity index (χ0v) is 9.54. The van der Waals surface area contributed by atoms with E-state index in [9.17, 15) is 4.79 Å². The van der Waals surface area contributed by atoms with E-state index in [1.807, 2.05) is 6.92 Å². The van der Waals surface area contributed by atoms with Crippen LogP contribution in [0, 0.1) is 11.8 Å². The lowest BCUT2D eigenvalue weighted by molar-refractivity contribution is 0.0526. The Morgan fingerprint density at radius 1 is 1.38 bits per heavy atom. The van der Waals surface area contributed by atoms with Crippen LogP contribution in [-0.4, -0.2) is 12.6 Å². The smallest absolute Gasteiger partial charge is 0.338 e. The molecule has 0 fully saturated rings. The molecular formula is C14H14O2. The van der Waals surface area contributed by atoms with E-state index in [0.29, 0.717) is 12.2 Å². The van der Waals surface area contributed by atoms with Gasteiger partial charge in [-0.3, -0.25) is 0 Å². The average molecular weight is 214 g/mol. The summed E-state index contributed by atoms with van der Waals surface area (Å²) in [5.74, 6) is 5.51. The zero-order chi connectivity index (χ0) is 12.0. The Hall–Kier alpha value is -2.01. The molecule has 2 nitrogen and oxygen atoms in total. The quantitative estimate of drug-likeness (QED) is 0.559. The molecule has 82 valence electrons. The normalized spacial score (nSPS) is 8.88. The molecule has 0 N–H and O–H groups in total. The second-order valence-corrected chi connectivity index (χ2v) is 3.33. The number of hydrogen-bond acceptors (Lipinski definition) is 2. The van der Waals surface area contributed by atoms with E-state index in [-0.39, 0.29) is 5.97 Å². The van der Waals surface area contributed by atoms with Crippen LogP contribution in [0.15, 0.2) is 36.4 Å². The summed E-state index contributed by atoms with van der Waals surface area (Å²) in [7, 11) is 0. The van der Waals surface area contributed by atoms with E-state index in [2.05, 4.69) is 18.4 Å². The summed E-state index contributed by atoms with van der Waals surface area (Å²) in [5.41, 5.74) is 2.22. The molecular weight excluding hydrogens is 200 g/mol. The van der Waals surface area contributed by atoms with E-state index in [0.717, 1.165) is 11.1 Å². The van der Waals surface area contributed by atoms with Gasteiger partial charge in [-0.25, -0.2) is 4.79 Å². The van der Waals surface area contributed by atoms with Gasteiger partial charge in [0.15, 0.2) is 0 Å². The maximum absolute atomic E-state index is 11.3. The van der Waals surface area contributed by atoms with Crippen LogP contribution < -0.4 is 0 Å². The lowest BCUT2D eigenvalue weighted by Gasteiger charge is -2.00. The Bertz CT molecular complexity index is 444. The van der Waals surface area contributed by atoms with Crippen molar-refractivity contribution in [3.63, 3.8) is 0 Å². The van der Waals surface area contributed by atoms with Crippen molar-refractivity contribution in [2.75, 3.05) is 6.61 Å². The van der Waals surface area contributed by atoms with Crippen molar-refractivity contribution in [1.82, 2.24) is 0 Å². The Balaban J connectivity index is 2.80. The highest BCUT2D eigenvalue weighted by Gasteiger charge is 2.04. The van der Waals surface area contributed by atoms with Crippen molar-refractivity contribution in [3.8, 4) is 11.8 Å². The van der Waals surface area contributed by atoms with Gasteiger partial charge in [-0.05, 0) is 43.7 Å². The summed E-state index contributed by atoms with van der Waals surface area (Å²) in [4.78, 5) is 11.3. The zero-order valence-electron chi connectivity index (χ0n) is 9.54. The molecule has 0 amide bonds. The molecule has 0 aromatic heterocycles. The largest absolute Gasteiger partial charge is 0.462 e. The number of carbonyl (C=O) groups is 1. The minimum Gasteiger partial charge on any atom is -0.462 e. The predicted octanol–water partition coefficient (Wildman–Crippen LogP) is 2.79. The van der Waals surface area contributed by atoms with Crippen LogP contribution in [0.25, 0.3) is 0 Å². The molecule has 0 bridgehead atoms. The number of ether oxygens (including phenoxy) is 1. The van der Waals surface area contributed by atoms with E-state index in [4.69, 9.17) is 4.74 Å². The van der Waals surface area contributed by atoms with E-state index in [1.165, 1.54) is 0 Å². The standard InChI is InChI=1S/C14H14O2/c1-4-16-14(15)13-9-7-12(8-10-13)6-5-11(2)3/h7-10H,2,4H2,1,3H3. The number of hydrogen-bond donors (Lipinski definition) is 0. The van der Waals surface area contributed by atoms with Gasteiger partial charge < -0.3 is 4.74 Å². The summed E-state index contributed by atoms with van der Waals surface area (Å²) >= 11 is 0. The fraction of sp³-hybridized carbons (Fsp3) is 0.214. The minimum atomic E-state index is -0.304. The van der Waals surface area contributed by atoms with Crippen LogP contribution in [0.1, 0.15) is 29.8 Å². The first-order valence-corrected chi connectivity index (χ1v) is 5.08. The monoisotopic (exact) mass is 214 g/mol. The second-order valence-electron chi connectivity index (χ2n) is 3.33. The highest BCUT2D eigenvalue weighted by atomic mass is 16.5. The Morgan fingerprint density at radius 3 is 2.50 bits per heavy atom. The first-order valence-electron chi connectivity index (χ1n) is 5.08. The SMILES string of the molecule is C=C(C)C#Cc1ccc(C(=O)OCC)cc1. The molecule has 1 aromatic carbocycles. The average Bonchev–Trinajstić information content (AvgIpc) is 2.27. The minimum absolute atomic E-state index is 0.304. The van der Waals surface area contributed by atoms with Gasteiger partial charge >= 0.3 is 5.97 Å². The number of esters is 1. The third-order valence-electron chi connectivity index (χ3n) is 1.82. The molecule has 0 aliphatic rings. The number of rotatable bonds is 2. The highest BCUT2D eigenvalue weighted by Crippen LogP contribution is 2.05. The molecule has 1 rings (SSSR count). The molecule has 0 saturated heterocycles. The third kappa shape index (κ3) is 3.62. The molecule has 2 heteroatoms. The molecule has 0 spiro atoms. The first-order chi connectivity index (χ1) is 7.63. The number of benzene rings is 1. The van der Waals surface area contributed by atoms with Crippen LogP contribution in [-0.2, 0) is 4.74 Å². The lowest BCUT2D eigenvalue weighted by Crippen LogP contribution is -2.04. The van der Waals surface area contributed by atoms with Gasteiger partial charge in [0.2, 0.25) is 0 Å². The van der Waals surface area contributed by atoms with Crippen LogP contribution in [0.2, 0.25) is 0 Å². The lowest BCUT2D eigenvalue weighted by atomic mass is 10.1. The van der Waals surface area contributed by atoms with E-state index >= 15 is 0 Å². The Morgan fingerprint density at radius 2 is 2.00 bits per heavy atom. The van der Waals surface area contributed by atoms with Crippen LogP contribution >= 0.6 is 0 Å². The first kappa shape index (κ1) is 12.1. The number of carbonyl (C=O) groups excluding carboxylic acids is 1. The van der Waals surface area contributed by atoms with Gasteiger partial charge in [0, 0.05) is 5.56 Å². The van der Waals surface area contributed by atoms with Crippen molar-refractivity contribution < 1.29 is 9.53 Å². The summed E-state index contributed by atoms with van der Waals surface area (Å²) < 4.78 is 4.88. The van der Waals surface area contributed by atoms with E-state index < -0.39 is 0 Å². The molecule has 0 aliphatic carbocycles. The van der Waals surface area contributed by atoms with Gasteiger partial charge in [0.1, 0.15) is 0 Å². The molecule has 16 heavy (non-hydrogen) atoms. The van der Waals surface area contributed by atoms with Gasteiger partial charge in [-0.15, -0.1) is 0 Å². The van der Waals surface area contributed by atoms with Crippen molar-refractivity contribution in [2.45, 2.75) is 13.8 Å². The van der Waals surface area contributed by atoms with Crippen LogP contribution in [0.5, 0.6) is 0 Å². The summed E-state index contributed by atoms with van der Waals surface area (Å²) in [6.07, 6.45) is 0. The van der Waals surface area contributed by atoms with E-state index in [1.54, 1.807) is 31.2 Å². The van der Waals surface area contributed by atoms with Gasteiger partial charge in [0.05, 0.1) is 12.2 Å². The molecule has 0 unspecified atom stereocenters. The van der Waals surface area contributed by atoms with Crippen LogP contribution in [0.4, 0.5) is 0 Å². The van der Waals surface area contributed by atoms with Gasteiger partial charge in [0.25, 0.3) is 0 Å². The highest BCUT2D eigenvalue weighted by molar-refractivity contribution is 5.89. The molecule has 1 aromatic rings. The van der Waals surface area contributed by atoms with Crippen molar-refractivity contribution >= 4 is 5.97 Å². The fourth-order valence-electron chi connectivity index (χ4n) is 1.08. The van der Waals surface area contributed by atoms with Crippen LogP contribution in [0.3, 0.4) is 0 Å². The summed E-state index contributed by atoms with van der Waals surface area (Å²) in [5, 5.41) is 0. The Labute approximate surface area is 95.9 Å². The molecule has 0 atom stereocenters. The molecule has 0 saturated carbocycles. The molecule has 0 radical (unpaired) electrons. The van der Waals surface area contributed by atoms with Crippen molar-refractivity contribution in [2.24, 2.45) is 0 Å². The van der Waals surface area contributed by atoms with Crippen molar-refractivity contribution in [1.29, 1.82) is 0 Å². The Kier molecular flexibility index (Phi) is 4.35. The maximum Gasteiger partial charge on any atom is 0.338 e. The second kappa shape index (κ2) is 5.77. The van der Waals surface area contributed by atoms with Gasteiger partial charge in [-0.1, -0.05) is 18.4 Å². The predicted molar refractivity (Wildman–Crippen MR) is 64.1 cm³/mol. The summed E-state index contributed by atoms with van der Waals surface area (Å²) in [6, 6.07) is 7.01.